The standard InChI is InChI=1S/C7H14N/c1-7(2)4-3-5-8-6-7/h4,8H,3,5-6H2,1-2H3. The normalized spacial score (nSPS) is 27.8. The van der Waals surface area contributed by atoms with E-state index in [0.29, 0.717) is 5.41 Å². The second kappa shape index (κ2) is 2.06. The summed E-state index contributed by atoms with van der Waals surface area (Å²) in [5.74, 6) is 0. The van der Waals surface area contributed by atoms with Crippen LogP contribution in [0.4, 0.5) is 0 Å². The number of hydrogen-bond acceptors (Lipinski definition) is 1. The largest absolute Gasteiger partial charge is 0.316 e. The molecule has 1 aliphatic rings. The second-order valence-corrected chi connectivity index (χ2v) is 3.16. The summed E-state index contributed by atoms with van der Waals surface area (Å²) in [5.41, 5.74) is 0.443. The molecule has 0 aromatic rings. The van der Waals surface area contributed by atoms with Gasteiger partial charge in [0.2, 0.25) is 0 Å². The maximum Gasteiger partial charge on any atom is 0.000528 e. The quantitative estimate of drug-likeness (QED) is 0.496. The SMILES string of the molecule is CC1(C)[CH]CCNC1. The summed E-state index contributed by atoms with van der Waals surface area (Å²) >= 11 is 0. The van der Waals surface area contributed by atoms with Crippen molar-refractivity contribution in [2.24, 2.45) is 5.41 Å². The number of piperidine rings is 1. The highest BCUT2D eigenvalue weighted by atomic mass is 14.9. The fourth-order valence-corrected chi connectivity index (χ4v) is 1.05. The average Bonchev–Trinajstić information content (AvgIpc) is 1.65. The van der Waals surface area contributed by atoms with Gasteiger partial charge < -0.3 is 5.32 Å². The molecule has 1 aliphatic heterocycles. The van der Waals surface area contributed by atoms with Crippen LogP contribution >= 0.6 is 0 Å². The Hall–Kier alpha value is -0.0400. The minimum Gasteiger partial charge on any atom is -0.316 e. The molecule has 1 heteroatoms. The van der Waals surface area contributed by atoms with Gasteiger partial charge in [0.05, 0.1) is 0 Å². The van der Waals surface area contributed by atoms with Crippen molar-refractivity contribution in [1.29, 1.82) is 0 Å². The van der Waals surface area contributed by atoms with Gasteiger partial charge in [-0.05, 0) is 24.8 Å². The first kappa shape index (κ1) is 6.09. The molecule has 8 heavy (non-hydrogen) atoms. The molecule has 1 heterocycles. The van der Waals surface area contributed by atoms with Crippen molar-refractivity contribution in [2.45, 2.75) is 20.3 Å². The Bertz CT molecular complexity index is 68.5. The molecule has 0 saturated carbocycles. The van der Waals surface area contributed by atoms with Crippen molar-refractivity contribution >= 4 is 0 Å². The smallest absolute Gasteiger partial charge is 0.000528 e. The third-order valence-electron chi connectivity index (χ3n) is 1.60. The van der Waals surface area contributed by atoms with Crippen LogP contribution in [0, 0.1) is 11.8 Å². The van der Waals surface area contributed by atoms with Crippen LogP contribution in [0.3, 0.4) is 0 Å². The lowest BCUT2D eigenvalue weighted by molar-refractivity contribution is 0.349. The zero-order valence-corrected chi connectivity index (χ0v) is 5.70. The Kier molecular flexibility index (Phi) is 1.57. The lowest BCUT2D eigenvalue weighted by Gasteiger charge is -2.29. The van der Waals surface area contributed by atoms with Gasteiger partial charge >= 0.3 is 0 Å². The van der Waals surface area contributed by atoms with Gasteiger partial charge in [-0.1, -0.05) is 13.8 Å². The predicted molar refractivity (Wildman–Crippen MR) is 35.6 cm³/mol. The van der Waals surface area contributed by atoms with Crippen molar-refractivity contribution in [3.05, 3.63) is 6.42 Å². The lowest BCUT2D eigenvalue weighted by Crippen LogP contribution is -2.36. The van der Waals surface area contributed by atoms with E-state index < -0.39 is 0 Å². The van der Waals surface area contributed by atoms with Gasteiger partial charge in [0, 0.05) is 6.54 Å². The van der Waals surface area contributed by atoms with Gasteiger partial charge in [0.15, 0.2) is 0 Å². The minimum absolute atomic E-state index is 0.443. The Morgan fingerprint density at radius 1 is 1.50 bits per heavy atom. The molecule has 47 valence electrons. The molecule has 1 N–H and O–H groups in total. The maximum atomic E-state index is 3.34. The van der Waals surface area contributed by atoms with Crippen LogP contribution < -0.4 is 5.32 Å². The second-order valence-electron chi connectivity index (χ2n) is 3.16. The van der Waals surface area contributed by atoms with Crippen LogP contribution in [0.15, 0.2) is 0 Å². The molecule has 0 aromatic carbocycles. The minimum atomic E-state index is 0.443. The first-order valence-corrected chi connectivity index (χ1v) is 3.26. The Morgan fingerprint density at radius 3 is 2.50 bits per heavy atom. The molecule has 0 aliphatic carbocycles. The molecule has 1 radical (unpaired) electrons. The predicted octanol–water partition coefficient (Wildman–Crippen LogP) is 1.21. The van der Waals surface area contributed by atoms with Gasteiger partial charge in [0.1, 0.15) is 0 Å². The van der Waals surface area contributed by atoms with E-state index in [9.17, 15) is 0 Å². The van der Waals surface area contributed by atoms with Crippen LogP contribution in [0.5, 0.6) is 0 Å². The maximum absolute atomic E-state index is 3.34. The summed E-state index contributed by atoms with van der Waals surface area (Å²) in [7, 11) is 0. The molecular weight excluding hydrogens is 98.1 g/mol. The van der Waals surface area contributed by atoms with Gasteiger partial charge in [-0.2, -0.15) is 0 Å². The summed E-state index contributed by atoms with van der Waals surface area (Å²) < 4.78 is 0. The van der Waals surface area contributed by atoms with Crippen molar-refractivity contribution in [3.63, 3.8) is 0 Å². The molecule has 0 unspecified atom stereocenters. The van der Waals surface area contributed by atoms with E-state index in [-0.39, 0.29) is 0 Å². The van der Waals surface area contributed by atoms with Crippen molar-refractivity contribution in [1.82, 2.24) is 5.32 Å². The zero-order valence-electron chi connectivity index (χ0n) is 5.70. The number of rotatable bonds is 0. The molecule has 0 bridgehead atoms. The Balaban J connectivity index is 2.33. The summed E-state index contributed by atoms with van der Waals surface area (Å²) in [6.07, 6.45) is 3.62. The van der Waals surface area contributed by atoms with E-state index in [1.807, 2.05) is 0 Å². The Morgan fingerprint density at radius 2 is 2.25 bits per heavy atom. The van der Waals surface area contributed by atoms with E-state index in [1.54, 1.807) is 0 Å². The monoisotopic (exact) mass is 112 g/mol. The van der Waals surface area contributed by atoms with Gasteiger partial charge in [0.25, 0.3) is 0 Å². The summed E-state index contributed by atoms with van der Waals surface area (Å²) in [5, 5.41) is 3.34. The molecule has 1 saturated heterocycles. The van der Waals surface area contributed by atoms with Crippen molar-refractivity contribution < 1.29 is 0 Å². The lowest BCUT2D eigenvalue weighted by atomic mass is 9.85. The van der Waals surface area contributed by atoms with E-state index in [2.05, 4.69) is 25.6 Å². The zero-order chi connectivity index (χ0) is 6.04. The van der Waals surface area contributed by atoms with Crippen molar-refractivity contribution in [2.75, 3.05) is 13.1 Å². The fourth-order valence-electron chi connectivity index (χ4n) is 1.05. The summed E-state index contributed by atoms with van der Waals surface area (Å²) in [6, 6.07) is 0. The van der Waals surface area contributed by atoms with Crippen LogP contribution in [-0.4, -0.2) is 13.1 Å². The third-order valence-corrected chi connectivity index (χ3v) is 1.60. The molecule has 0 aromatic heterocycles. The third kappa shape index (κ3) is 1.48. The first-order chi connectivity index (χ1) is 3.71. The molecule has 0 atom stereocenters. The van der Waals surface area contributed by atoms with E-state index in [0.717, 1.165) is 6.54 Å². The summed E-state index contributed by atoms with van der Waals surface area (Å²) in [6.45, 7) is 6.84. The molecule has 0 amide bonds. The Labute approximate surface area is 51.5 Å². The van der Waals surface area contributed by atoms with Gasteiger partial charge in [-0.25, -0.2) is 0 Å². The van der Waals surface area contributed by atoms with Crippen LogP contribution in [0.25, 0.3) is 0 Å². The van der Waals surface area contributed by atoms with Crippen molar-refractivity contribution in [3.8, 4) is 0 Å². The molecule has 0 spiro atoms. The molecule has 1 fully saturated rings. The highest BCUT2D eigenvalue weighted by Gasteiger charge is 2.19. The first-order valence-electron chi connectivity index (χ1n) is 3.26. The molecule has 1 rings (SSSR count). The molecule has 1 nitrogen and oxygen atoms in total. The summed E-state index contributed by atoms with van der Waals surface area (Å²) in [4.78, 5) is 0. The van der Waals surface area contributed by atoms with Gasteiger partial charge in [-0.15, -0.1) is 0 Å². The highest BCUT2D eigenvalue weighted by molar-refractivity contribution is 4.90. The van der Waals surface area contributed by atoms with Gasteiger partial charge in [-0.3, -0.25) is 0 Å². The number of nitrogens with one attached hydrogen (secondary N) is 1. The average molecular weight is 112 g/mol. The topological polar surface area (TPSA) is 12.0 Å². The van der Waals surface area contributed by atoms with E-state index >= 15 is 0 Å². The fraction of sp³-hybridized carbons (Fsp3) is 0.857. The number of hydrogen-bond donors (Lipinski definition) is 1. The van der Waals surface area contributed by atoms with Crippen LogP contribution in [0.1, 0.15) is 20.3 Å². The highest BCUT2D eigenvalue weighted by Crippen LogP contribution is 2.21. The molecular formula is C7H14N. The van der Waals surface area contributed by atoms with Crippen LogP contribution in [0.2, 0.25) is 0 Å². The van der Waals surface area contributed by atoms with Crippen LogP contribution in [-0.2, 0) is 0 Å². The van der Waals surface area contributed by atoms with E-state index in [4.69, 9.17) is 0 Å². The van der Waals surface area contributed by atoms with E-state index in [1.165, 1.54) is 13.0 Å².